The molecule has 2 aromatic carbocycles. The minimum atomic E-state index is -1.18. The maximum Gasteiger partial charge on any atom is 0.326 e. The second-order valence-electron chi connectivity index (χ2n) is 11.5. The molecule has 0 fully saturated rings. The van der Waals surface area contributed by atoms with Crippen LogP contribution in [0.1, 0.15) is 52.2 Å². The van der Waals surface area contributed by atoms with E-state index in [1.165, 1.54) is 6.92 Å². The lowest BCUT2D eigenvalue weighted by atomic mass is 10.00. The van der Waals surface area contributed by atoms with Crippen LogP contribution in [0.5, 0.6) is 0 Å². The Bertz CT molecular complexity index is 1220. The first-order chi connectivity index (χ1) is 20.3. The molecule has 0 unspecified atom stereocenters. The lowest BCUT2D eigenvalue weighted by Gasteiger charge is -2.26. The molecule has 0 aliphatic rings. The van der Waals surface area contributed by atoms with Crippen molar-refractivity contribution < 1.29 is 29.1 Å². The lowest BCUT2D eigenvalue weighted by Crippen LogP contribution is -2.59. The predicted molar refractivity (Wildman–Crippen MR) is 164 cm³/mol. The van der Waals surface area contributed by atoms with Crippen LogP contribution in [0, 0.1) is 11.8 Å². The number of hydrogen-bond donors (Lipinski definition) is 6. The molecular weight excluding hydrogens is 550 g/mol. The van der Waals surface area contributed by atoms with Gasteiger partial charge in [-0.3, -0.25) is 19.2 Å². The van der Waals surface area contributed by atoms with Crippen LogP contribution in [0.25, 0.3) is 0 Å². The van der Waals surface area contributed by atoms with Crippen molar-refractivity contribution in [3.63, 3.8) is 0 Å². The van der Waals surface area contributed by atoms with Gasteiger partial charge in [0.15, 0.2) is 0 Å². The number of aliphatic carboxylic acids is 1. The molecule has 0 saturated heterocycles. The van der Waals surface area contributed by atoms with Crippen LogP contribution in [-0.4, -0.2) is 64.9 Å². The van der Waals surface area contributed by atoms with E-state index in [9.17, 15) is 29.1 Å². The summed E-state index contributed by atoms with van der Waals surface area (Å²) in [5.41, 5.74) is 7.80. The van der Waals surface area contributed by atoms with Crippen LogP contribution in [0.4, 0.5) is 0 Å². The van der Waals surface area contributed by atoms with Crippen molar-refractivity contribution in [3.05, 3.63) is 71.8 Å². The molecule has 0 aromatic heterocycles. The van der Waals surface area contributed by atoms with Crippen molar-refractivity contribution in [3.8, 4) is 0 Å². The van der Waals surface area contributed by atoms with Crippen molar-refractivity contribution >= 4 is 29.6 Å². The van der Waals surface area contributed by atoms with Gasteiger partial charge in [0, 0.05) is 6.42 Å². The Morgan fingerprint density at radius 3 is 1.63 bits per heavy atom. The van der Waals surface area contributed by atoms with Gasteiger partial charge in [0.2, 0.25) is 23.6 Å². The van der Waals surface area contributed by atoms with Crippen LogP contribution in [0.3, 0.4) is 0 Å². The summed E-state index contributed by atoms with van der Waals surface area (Å²) < 4.78 is 0. The van der Waals surface area contributed by atoms with E-state index in [4.69, 9.17) is 5.73 Å². The van der Waals surface area contributed by atoms with Crippen molar-refractivity contribution in [2.45, 2.75) is 84.1 Å². The molecule has 0 radical (unpaired) electrons. The number of carboxylic acid groups (broad SMARTS) is 1. The summed E-state index contributed by atoms with van der Waals surface area (Å²) in [7, 11) is 0. The number of rotatable bonds is 16. The molecule has 234 valence electrons. The molecule has 11 nitrogen and oxygen atoms in total. The predicted octanol–water partition coefficient (Wildman–Crippen LogP) is 1.54. The first-order valence-corrected chi connectivity index (χ1v) is 14.6. The van der Waals surface area contributed by atoms with Crippen molar-refractivity contribution in [1.82, 2.24) is 21.3 Å². The number of nitrogens with one attached hydrogen (secondary N) is 4. The van der Waals surface area contributed by atoms with E-state index in [1.54, 1.807) is 38.1 Å². The average Bonchev–Trinajstić information content (AvgIpc) is 2.95. The lowest BCUT2D eigenvalue weighted by molar-refractivity contribution is -0.143. The Morgan fingerprint density at radius 2 is 1.14 bits per heavy atom. The van der Waals surface area contributed by atoms with Gasteiger partial charge in [0.25, 0.3) is 0 Å². The van der Waals surface area contributed by atoms with E-state index in [1.807, 2.05) is 50.2 Å². The first kappa shape index (κ1) is 34.9. The second kappa shape index (κ2) is 17.0. The SMILES string of the molecule is CC(C)C[C@H](NC(=O)[C@@H](N)Cc1ccccc1)C(=O)N[C@@H](Cc1ccccc1)C(=O)N[C@@H](C)C(=O)N[C@H](C(=O)O)C(C)C. The maximum absolute atomic E-state index is 13.5. The second-order valence-corrected chi connectivity index (χ2v) is 11.5. The quantitative estimate of drug-likeness (QED) is 0.170. The van der Waals surface area contributed by atoms with Gasteiger partial charge in [-0.1, -0.05) is 88.4 Å². The Hall–Kier alpha value is -4.25. The van der Waals surface area contributed by atoms with Crippen LogP contribution < -0.4 is 27.0 Å². The Labute approximate surface area is 253 Å². The van der Waals surface area contributed by atoms with Crippen LogP contribution >= 0.6 is 0 Å². The van der Waals surface area contributed by atoms with Crippen LogP contribution in [0.2, 0.25) is 0 Å². The van der Waals surface area contributed by atoms with Gasteiger partial charge in [-0.05, 0) is 42.7 Å². The van der Waals surface area contributed by atoms with E-state index in [0.29, 0.717) is 12.8 Å². The van der Waals surface area contributed by atoms with E-state index < -0.39 is 59.8 Å². The van der Waals surface area contributed by atoms with Gasteiger partial charge in [-0.15, -0.1) is 0 Å². The summed E-state index contributed by atoms with van der Waals surface area (Å²) in [4.78, 5) is 64.1. The number of carboxylic acids is 1. The molecule has 0 saturated carbocycles. The molecule has 0 aliphatic heterocycles. The molecule has 0 bridgehead atoms. The maximum atomic E-state index is 13.5. The zero-order chi connectivity index (χ0) is 32.1. The third kappa shape index (κ3) is 11.9. The highest BCUT2D eigenvalue weighted by atomic mass is 16.4. The molecule has 11 heteroatoms. The van der Waals surface area contributed by atoms with E-state index >= 15 is 0 Å². The largest absolute Gasteiger partial charge is 0.480 e. The highest BCUT2D eigenvalue weighted by Crippen LogP contribution is 2.10. The highest BCUT2D eigenvalue weighted by Gasteiger charge is 2.31. The van der Waals surface area contributed by atoms with Crippen LogP contribution in [0.15, 0.2) is 60.7 Å². The first-order valence-electron chi connectivity index (χ1n) is 14.6. The Morgan fingerprint density at radius 1 is 0.651 bits per heavy atom. The fourth-order valence-electron chi connectivity index (χ4n) is 4.45. The van der Waals surface area contributed by atoms with Gasteiger partial charge in [-0.2, -0.15) is 0 Å². The minimum absolute atomic E-state index is 0.0367. The Kier molecular flexibility index (Phi) is 13.8. The molecule has 43 heavy (non-hydrogen) atoms. The smallest absolute Gasteiger partial charge is 0.326 e. The number of benzene rings is 2. The molecule has 2 aromatic rings. The summed E-state index contributed by atoms with van der Waals surface area (Å²) >= 11 is 0. The highest BCUT2D eigenvalue weighted by molar-refractivity contribution is 5.95. The van der Waals surface area contributed by atoms with Crippen LogP contribution in [-0.2, 0) is 36.8 Å². The molecule has 0 heterocycles. The monoisotopic (exact) mass is 595 g/mol. The number of carbonyl (C=O) groups is 5. The van der Waals surface area contributed by atoms with Gasteiger partial charge in [0.05, 0.1) is 6.04 Å². The van der Waals surface area contributed by atoms with Crippen molar-refractivity contribution in [2.24, 2.45) is 17.6 Å². The third-order valence-electron chi connectivity index (χ3n) is 6.87. The number of nitrogens with two attached hydrogens (primary N) is 1. The molecule has 0 spiro atoms. The molecule has 2 rings (SSSR count). The van der Waals surface area contributed by atoms with E-state index in [2.05, 4.69) is 21.3 Å². The zero-order valence-corrected chi connectivity index (χ0v) is 25.5. The van der Waals surface area contributed by atoms with E-state index in [-0.39, 0.29) is 18.3 Å². The van der Waals surface area contributed by atoms with Crippen molar-refractivity contribution in [2.75, 3.05) is 0 Å². The molecule has 0 aliphatic carbocycles. The molecule has 7 N–H and O–H groups in total. The molecular formula is C32H45N5O6. The van der Waals surface area contributed by atoms with Gasteiger partial charge < -0.3 is 32.1 Å². The minimum Gasteiger partial charge on any atom is -0.480 e. The summed E-state index contributed by atoms with van der Waals surface area (Å²) in [6, 6.07) is 13.2. The summed E-state index contributed by atoms with van der Waals surface area (Å²) in [5.74, 6) is -3.87. The van der Waals surface area contributed by atoms with Crippen molar-refractivity contribution in [1.29, 1.82) is 0 Å². The number of amides is 4. The number of hydrogen-bond acceptors (Lipinski definition) is 6. The zero-order valence-electron chi connectivity index (χ0n) is 25.5. The fourth-order valence-corrected chi connectivity index (χ4v) is 4.45. The topological polar surface area (TPSA) is 180 Å². The molecule has 4 amide bonds. The number of carbonyl (C=O) groups excluding carboxylic acids is 4. The van der Waals surface area contributed by atoms with E-state index in [0.717, 1.165) is 11.1 Å². The van der Waals surface area contributed by atoms with Gasteiger partial charge in [-0.25, -0.2) is 4.79 Å². The molecule has 5 atom stereocenters. The summed E-state index contributed by atoms with van der Waals surface area (Å²) in [5, 5.41) is 19.9. The summed E-state index contributed by atoms with van der Waals surface area (Å²) in [6.07, 6.45) is 0.716. The average molecular weight is 596 g/mol. The third-order valence-corrected chi connectivity index (χ3v) is 6.87. The van der Waals surface area contributed by atoms with Gasteiger partial charge in [0.1, 0.15) is 24.2 Å². The Balaban J connectivity index is 2.18. The van der Waals surface area contributed by atoms with Gasteiger partial charge >= 0.3 is 5.97 Å². The summed E-state index contributed by atoms with van der Waals surface area (Å²) in [6.45, 7) is 8.58. The standard InChI is InChI=1S/C32H45N5O6/c1-19(2)16-25(35-29(39)24(33)17-22-12-8-6-9-13-22)31(41)36-26(18-23-14-10-7-11-15-23)30(40)34-21(5)28(38)37-27(20(3)4)32(42)43/h6-15,19-21,24-27H,16-18,33H2,1-5H3,(H,34,40)(H,35,39)(H,36,41)(H,37,38)(H,42,43)/t21-,24-,25-,26-,27-/m0/s1. The fraction of sp³-hybridized carbons (Fsp3) is 0.469. The normalized spacial score (nSPS) is 14.6.